The Balaban J connectivity index is 2.36. The Hall–Kier alpha value is -0.770. The highest BCUT2D eigenvalue weighted by molar-refractivity contribution is 7.16. The molecule has 0 aliphatic rings. The molecule has 0 N–H and O–H groups in total. The van der Waals surface area contributed by atoms with Crippen molar-refractivity contribution in [2.75, 3.05) is 7.11 Å². The summed E-state index contributed by atoms with van der Waals surface area (Å²) in [5.74, 6) is 1.31. The number of nitrogens with zero attached hydrogens (tertiary/aromatic N) is 1. The zero-order valence-electron chi connectivity index (χ0n) is 11.7. The van der Waals surface area contributed by atoms with Crippen molar-refractivity contribution in [2.24, 2.45) is 5.92 Å². The maximum atomic E-state index is 6.09. The Morgan fingerprint density at radius 3 is 2.70 bits per heavy atom. The molecule has 0 bridgehead atoms. The molecule has 0 amide bonds. The summed E-state index contributed by atoms with van der Waals surface area (Å²) in [6, 6.07) is 5.69. The van der Waals surface area contributed by atoms with E-state index in [1.54, 1.807) is 18.4 Å². The van der Waals surface area contributed by atoms with Gasteiger partial charge in [0.25, 0.3) is 0 Å². The van der Waals surface area contributed by atoms with Crippen LogP contribution in [0.1, 0.15) is 25.1 Å². The van der Waals surface area contributed by atoms with Crippen molar-refractivity contribution in [1.82, 2.24) is 4.98 Å². The molecule has 0 aliphatic heterocycles. The number of rotatable bonds is 5. The van der Waals surface area contributed by atoms with Crippen LogP contribution in [-0.2, 0) is 6.42 Å². The zero-order valence-corrected chi connectivity index (χ0v) is 14.1. The van der Waals surface area contributed by atoms with E-state index < -0.39 is 0 Å². The van der Waals surface area contributed by atoms with Gasteiger partial charge in [0.1, 0.15) is 5.75 Å². The summed E-state index contributed by atoms with van der Waals surface area (Å²) >= 11 is 13.7. The highest BCUT2D eigenvalue weighted by atomic mass is 35.5. The molecule has 20 heavy (non-hydrogen) atoms. The van der Waals surface area contributed by atoms with Crippen molar-refractivity contribution in [3.63, 3.8) is 0 Å². The summed E-state index contributed by atoms with van der Waals surface area (Å²) in [5, 5.41) is 0.598. The Kier molecular flexibility index (Phi) is 5.30. The molecule has 108 valence electrons. The summed E-state index contributed by atoms with van der Waals surface area (Å²) in [6.45, 7) is 4.43. The van der Waals surface area contributed by atoms with Gasteiger partial charge in [0.2, 0.25) is 0 Å². The minimum absolute atomic E-state index is 0.577. The molecule has 2 nitrogen and oxygen atoms in total. The van der Waals surface area contributed by atoms with Gasteiger partial charge in [0.15, 0.2) is 4.47 Å². The fourth-order valence-corrected chi connectivity index (χ4v) is 3.32. The third-order valence-electron chi connectivity index (χ3n) is 3.04. The number of aryl methyl sites for hydroxylation is 1. The van der Waals surface area contributed by atoms with E-state index in [9.17, 15) is 0 Å². The van der Waals surface area contributed by atoms with Crippen LogP contribution >= 0.6 is 34.5 Å². The molecule has 0 saturated heterocycles. The fourth-order valence-electron chi connectivity index (χ4n) is 1.94. The van der Waals surface area contributed by atoms with E-state index in [1.807, 2.05) is 18.2 Å². The van der Waals surface area contributed by atoms with Crippen molar-refractivity contribution < 1.29 is 4.74 Å². The average molecular weight is 330 g/mol. The molecule has 0 spiro atoms. The number of aromatic nitrogens is 1. The molecule has 2 rings (SSSR count). The Labute approximate surface area is 133 Å². The quantitative estimate of drug-likeness (QED) is 0.700. The number of thiazole rings is 1. The molecule has 0 radical (unpaired) electrons. The molecule has 1 aromatic carbocycles. The number of methoxy groups -OCH3 is 1. The van der Waals surface area contributed by atoms with E-state index in [2.05, 4.69) is 18.8 Å². The highest BCUT2D eigenvalue weighted by Crippen LogP contribution is 2.36. The van der Waals surface area contributed by atoms with Crippen molar-refractivity contribution in [3.05, 3.63) is 32.6 Å². The Morgan fingerprint density at radius 2 is 2.05 bits per heavy atom. The molecular formula is C15H17Cl2NOS. The SMILES string of the molecule is COc1cc(-c2nc(Cl)sc2CCC(C)C)ccc1Cl. The van der Waals surface area contributed by atoms with E-state index in [0.29, 0.717) is 21.2 Å². The molecule has 0 atom stereocenters. The maximum Gasteiger partial charge on any atom is 0.184 e. The molecule has 0 aliphatic carbocycles. The van der Waals surface area contributed by atoms with E-state index in [0.717, 1.165) is 24.1 Å². The second-order valence-corrected chi connectivity index (χ2v) is 7.09. The molecule has 2 aromatic rings. The normalized spacial score (nSPS) is 11.1. The first-order valence-corrected chi connectivity index (χ1v) is 8.07. The van der Waals surface area contributed by atoms with Crippen LogP contribution in [0, 0.1) is 5.92 Å². The number of hydrogen-bond donors (Lipinski definition) is 0. The summed E-state index contributed by atoms with van der Waals surface area (Å²) in [6.07, 6.45) is 2.11. The predicted molar refractivity (Wildman–Crippen MR) is 87.3 cm³/mol. The van der Waals surface area contributed by atoms with Crippen LogP contribution in [0.2, 0.25) is 9.49 Å². The van der Waals surface area contributed by atoms with Crippen LogP contribution < -0.4 is 4.74 Å². The van der Waals surface area contributed by atoms with E-state index in [-0.39, 0.29) is 0 Å². The molecular weight excluding hydrogens is 313 g/mol. The van der Waals surface area contributed by atoms with Crippen LogP contribution in [0.5, 0.6) is 5.75 Å². The van der Waals surface area contributed by atoms with Gasteiger partial charge in [-0.05, 0) is 30.9 Å². The zero-order chi connectivity index (χ0) is 14.7. The maximum absolute atomic E-state index is 6.09. The van der Waals surface area contributed by atoms with Crippen LogP contribution in [-0.4, -0.2) is 12.1 Å². The molecule has 1 aromatic heterocycles. The van der Waals surface area contributed by atoms with Crippen LogP contribution in [0.15, 0.2) is 18.2 Å². The van der Waals surface area contributed by atoms with Crippen LogP contribution in [0.3, 0.4) is 0 Å². The Bertz CT molecular complexity index is 596. The minimum Gasteiger partial charge on any atom is -0.495 e. The first kappa shape index (κ1) is 15.6. The Morgan fingerprint density at radius 1 is 1.30 bits per heavy atom. The van der Waals surface area contributed by atoms with Gasteiger partial charge in [-0.25, -0.2) is 4.98 Å². The van der Waals surface area contributed by atoms with Gasteiger partial charge in [-0.2, -0.15) is 0 Å². The smallest absolute Gasteiger partial charge is 0.184 e. The largest absolute Gasteiger partial charge is 0.495 e. The third-order valence-corrected chi connectivity index (χ3v) is 4.58. The monoisotopic (exact) mass is 329 g/mol. The van der Waals surface area contributed by atoms with E-state index in [4.69, 9.17) is 27.9 Å². The lowest BCUT2D eigenvalue weighted by atomic mass is 10.0. The van der Waals surface area contributed by atoms with Crippen molar-refractivity contribution in [1.29, 1.82) is 0 Å². The van der Waals surface area contributed by atoms with Crippen LogP contribution in [0.4, 0.5) is 0 Å². The van der Waals surface area contributed by atoms with Crippen molar-refractivity contribution in [2.45, 2.75) is 26.7 Å². The summed E-state index contributed by atoms with van der Waals surface area (Å²) in [7, 11) is 1.61. The van der Waals surface area contributed by atoms with Crippen molar-refractivity contribution >= 4 is 34.5 Å². The lowest BCUT2D eigenvalue weighted by Crippen LogP contribution is -1.93. The van der Waals surface area contributed by atoms with Gasteiger partial charge < -0.3 is 4.74 Å². The van der Waals surface area contributed by atoms with Gasteiger partial charge in [-0.3, -0.25) is 0 Å². The number of halogens is 2. The first-order valence-electron chi connectivity index (χ1n) is 6.50. The summed E-state index contributed by atoms with van der Waals surface area (Å²) in [4.78, 5) is 5.67. The second kappa shape index (κ2) is 6.79. The lowest BCUT2D eigenvalue weighted by molar-refractivity contribution is 0.415. The third kappa shape index (κ3) is 3.66. The fraction of sp³-hybridized carbons (Fsp3) is 0.400. The predicted octanol–water partition coefficient (Wildman–Crippen LogP) is 5.71. The number of benzene rings is 1. The number of hydrogen-bond acceptors (Lipinski definition) is 3. The minimum atomic E-state index is 0.577. The van der Waals surface area contributed by atoms with Crippen LogP contribution in [0.25, 0.3) is 11.3 Å². The van der Waals surface area contributed by atoms with E-state index in [1.165, 1.54) is 4.88 Å². The van der Waals surface area contributed by atoms with Gasteiger partial charge in [0.05, 0.1) is 17.8 Å². The molecule has 5 heteroatoms. The molecule has 0 saturated carbocycles. The van der Waals surface area contributed by atoms with Gasteiger partial charge >= 0.3 is 0 Å². The molecule has 1 heterocycles. The average Bonchev–Trinajstić information content (AvgIpc) is 2.78. The molecule has 0 fully saturated rings. The van der Waals surface area contributed by atoms with Gasteiger partial charge in [-0.15, -0.1) is 11.3 Å². The lowest BCUT2D eigenvalue weighted by Gasteiger charge is -2.07. The first-order chi connectivity index (χ1) is 9.51. The highest BCUT2D eigenvalue weighted by Gasteiger charge is 2.14. The molecule has 0 unspecified atom stereocenters. The topological polar surface area (TPSA) is 22.1 Å². The van der Waals surface area contributed by atoms with Crippen molar-refractivity contribution in [3.8, 4) is 17.0 Å². The summed E-state index contributed by atoms with van der Waals surface area (Å²) < 4.78 is 5.84. The summed E-state index contributed by atoms with van der Waals surface area (Å²) in [5.41, 5.74) is 1.93. The standard InChI is InChI=1S/C15H17Cl2NOS/c1-9(2)4-7-13-14(18-15(17)20-13)10-5-6-11(16)12(8-10)19-3/h5-6,8-9H,4,7H2,1-3H3. The van der Waals surface area contributed by atoms with E-state index >= 15 is 0 Å². The van der Waals surface area contributed by atoms with Gasteiger partial charge in [0, 0.05) is 10.4 Å². The van der Waals surface area contributed by atoms with Gasteiger partial charge in [-0.1, -0.05) is 43.1 Å². The number of ether oxygens (including phenoxy) is 1. The second-order valence-electron chi connectivity index (χ2n) is 5.02.